The van der Waals surface area contributed by atoms with Crippen LogP contribution >= 0.6 is 0 Å². The van der Waals surface area contributed by atoms with Crippen LogP contribution in [-0.4, -0.2) is 46.1 Å². The average molecular weight is 267 g/mol. The van der Waals surface area contributed by atoms with Crippen molar-refractivity contribution in [2.75, 3.05) is 45.5 Å². The summed E-state index contributed by atoms with van der Waals surface area (Å²) in [6.45, 7) is 1.93. The van der Waals surface area contributed by atoms with Gasteiger partial charge in [0.2, 0.25) is 5.91 Å². The van der Waals surface area contributed by atoms with E-state index >= 15 is 0 Å². The van der Waals surface area contributed by atoms with Gasteiger partial charge >= 0.3 is 0 Å². The van der Waals surface area contributed by atoms with Gasteiger partial charge in [-0.15, -0.1) is 0 Å². The van der Waals surface area contributed by atoms with E-state index in [9.17, 15) is 4.79 Å². The van der Waals surface area contributed by atoms with Crippen molar-refractivity contribution >= 4 is 11.6 Å². The summed E-state index contributed by atoms with van der Waals surface area (Å²) in [6.07, 6.45) is 0. The number of rotatable bonds is 6. The molecule has 0 saturated carbocycles. The van der Waals surface area contributed by atoms with Crippen LogP contribution in [0.3, 0.4) is 0 Å². The Balaban J connectivity index is 1.83. The minimum absolute atomic E-state index is 0.00218. The summed E-state index contributed by atoms with van der Waals surface area (Å²) in [4.78, 5) is 11.6. The molecule has 1 aliphatic rings. The molecule has 1 aromatic carbocycles. The van der Waals surface area contributed by atoms with E-state index in [4.69, 9.17) is 18.9 Å². The quantitative estimate of drug-likeness (QED) is 0.781. The average Bonchev–Trinajstić information content (AvgIpc) is 2.43. The Morgan fingerprint density at radius 3 is 2.84 bits per heavy atom. The lowest BCUT2D eigenvalue weighted by atomic mass is 10.2. The molecular weight excluding hydrogens is 250 g/mol. The molecule has 0 aromatic heterocycles. The molecule has 6 heteroatoms. The number of benzene rings is 1. The van der Waals surface area contributed by atoms with Crippen molar-refractivity contribution in [2.24, 2.45) is 0 Å². The molecule has 6 nitrogen and oxygen atoms in total. The SMILES string of the molecule is COCCOCC(=O)Nc1ccc2c(c1)OCCO2. The Labute approximate surface area is 111 Å². The predicted octanol–water partition coefficient (Wildman–Crippen LogP) is 1.06. The molecule has 0 atom stereocenters. The fraction of sp³-hybridized carbons (Fsp3) is 0.462. The van der Waals surface area contributed by atoms with Gasteiger partial charge in [-0.2, -0.15) is 0 Å². The summed E-state index contributed by atoms with van der Waals surface area (Å²) in [7, 11) is 1.58. The number of fused-ring (bicyclic) bond motifs is 1. The highest BCUT2D eigenvalue weighted by Gasteiger charge is 2.12. The molecule has 0 unspecified atom stereocenters. The first-order valence-electron chi connectivity index (χ1n) is 6.06. The number of nitrogens with one attached hydrogen (secondary N) is 1. The summed E-state index contributed by atoms with van der Waals surface area (Å²) in [5, 5.41) is 2.73. The Morgan fingerprint density at radius 1 is 1.26 bits per heavy atom. The first-order valence-corrected chi connectivity index (χ1v) is 6.06. The van der Waals surface area contributed by atoms with Crippen molar-refractivity contribution in [3.63, 3.8) is 0 Å². The van der Waals surface area contributed by atoms with E-state index in [0.717, 1.165) is 0 Å². The zero-order chi connectivity index (χ0) is 13.5. The highest BCUT2D eigenvalue weighted by atomic mass is 16.6. The van der Waals surface area contributed by atoms with Gasteiger partial charge in [0.15, 0.2) is 11.5 Å². The van der Waals surface area contributed by atoms with Crippen LogP contribution in [0.4, 0.5) is 5.69 Å². The number of carbonyl (C=O) groups excluding carboxylic acids is 1. The molecule has 104 valence electrons. The maximum atomic E-state index is 11.6. The third-order valence-corrected chi connectivity index (χ3v) is 2.49. The van der Waals surface area contributed by atoms with E-state index < -0.39 is 0 Å². The number of ether oxygens (including phenoxy) is 4. The van der Waals surface area contributed by atoms with E-state index in [2.05, 4.69) is 5.32 Å². The van der Waals surface area contributed by atoms with Crippen LogP contribution < -0.4 is 14.8 Å². The molecule has 1 aliphatic heterocycles. The molecule has 1 heterocycles. The lowest BCUT2D eigenvalue weighted by Crippen LogP contribution is -2.20. The van der Waals surface area contributed by atoms with Crippen LogP contribution in [-0.2, 0) is 14.3 Å². The zero-order valence-corrected chi connectivity index (χ0v) is 10.8. The monoisotopic (exact) mass is 267 g/mol. The largest absolute Gasteiger partial charge is 0.486 e. The maximum absolute atomic E-state index is 11.6. The summed E-state index contributed by atoms with van der Waals surface area (Å²) in [5.41, 5.74) is 0.657. The van der Waals surface area contributed by atoms with Crippen LogP contribution in [0.2, 0.25) is 0 Å². The van der Waals surface area contributed by atoms with Gasteiger partial charge in [-0.05, 0) is 12.1 Å². The third kappa shape index (κ3) is 4.11. The zero-order valence-electron chi connectivity index (χ0n) is 10.8. The van der Waals surface area contributed by atoms with Crippen molar-refractivity contribution in [1.29, 1.82) is 0 Å². The fourth-order valence-corrected chi connectivity index (χ4v) is 1.63. The Hall–Kier alpha value is -1.79. The van der Waals surface area contributed by atoms with E-state index in [0.29, 0.717) is 43.6 Å². The van der Waals surface area contributed by atoms with Crippen molar-refractivity contribution < 1.29 is 23.7 Å². The minimum atomic E-state index is -0.215. The molecule has 0 radical (unpaired) electrons. The van der Waals surface area contributed by atoms with E-state index in [1.165, 1.54) is 0 Å². The molecule has 1 aromatic rings. The number of amides is 1. The van der Waals surface area contributed by atoms with Crippen molar-refractivity contribution in [3.05, 3.63) is 18.2 Å². The van der Waals surface area contributed by atoms with Gasteiger partial charge in [0.25, 0.3) is 0 Å². The third-order valence-electron chi connectivity index (χ3n) is 2.49. The van der Waals surface area contributed by atoms with E-state index in [-0.39, 0.29) is 12.5 Å². The van der Waals surface area contributed by atoms with Gasteiger partial charge in [0, 0.05) is 18.9 Å². The number of carbonyl (C=O) groups is 1. The first kappa shape index (κ1) is 13.6. The Morgan fingerprint density at radius 2 is 2.05 bits per heavy atom. The second-order valence-electron chi connectivity index (χ2n) is 3.95. The maximum Gasteiger partial charge on any atom is 0.250 e. The Kier molecular flexibility index (Phi) is 5.00. The lowest BCUT2D eigenvalue weighted by Gasteiger charge is -2.19. The molecule has 0 fully saturated rings. The summed E-state index contributed by atoms with van der Waals surface area (Å²) in [5.74, 6) is 1.12. The van der Waals surface area contributed by atoms with Gasteiger partial charge in [0.05, 0.1) is 13.2 Å². The molecule has 1 N–H and O–H groups in total. The summed E-state index contributed by atoms with van der Waals surface area (Å²) in [6, 6.07) is 5.28. The van der Waals surface area contributed by atoms with Crippen LogP contribution in [0.25, 0.3) is 0 Å². The van der Waals surface area contributed by atoms with Gasteiger partial charge in [-0.1, -0.05) is 0 Å². The smallest absolute Gasteiger partial charge is 0.250 e. The van der Waals surface area contributed by atoms with Crippen LogP contribution in [0.15, 0.2) is 18.2 Å². The Bertz CT molecular complexity index is 435. The summed E-state index contributed by atoms with van der Waals surface area (Å²) < 4.78 is 20.8. The van der Waals surface area contributed by atoms with Gasteiger partial charge < -0.3 is 24.3 Å². The van der Waals surface area contributed by atoms with Crippen LogP contribution in [0, 0.1) is 0 Å². The molecule has 0 saturated heterocycles. The molecular formula is C13H17NO5. The number of hydrogen-bond donors (Lipinski definition) is 1. The van der Waals surface area contributed by atoms with E-state index in [1.54, 1.807) is 25.3 Å². The fourth-order valence-electron chi connectivity index (χ4n) is 1.63. The highest BCUT2D eigenvalue weighted by molar-refractivity contribution is 5.92. The standard InChI is InChI=1S/C13H17NO5/c1-16-4-5-17-9-13(15)14-10-2-3-11-12(8-10)19-7-6-18-11/h2-3,8H,4-7,9H2,1H3,(H,14,15). The molecule has 2 rings (SSSR count). The molecule has 1 amide bonds. The molecule has 0 aliphatic carbocycles. The number of hydrogen-bond acceptors (Lipinski definition) is 5. The molecule has 19 heavy (non-hydrogen) atoms. The van der Waals surface area contributed by atoms with Gasteiger partial charge in [0.1, 0.15) is 19.8 Å². The van der Waals surface area contributed by atoms with Gasteiger partial charge in [-0.3, -0.25) is 4.79 Å². The highest BCUT2D eigenvalue weighted by Crippen LogP contribution is 2.32. The van der Waals surface area contributed by atoms with Crippen molar-refractivity contribution in [2.45, 2.75) is 0 Å². The first-order chi connectivity index (χ1) is 9.29. The van der Waals surface area contributed by atoms with Crippen molar-refractivity contribution in [3.8, 4) is 11.5 Å². The second kappa shape index (κ2) is 6.96. The van der Waals surface area contributed by atoms with Crippen LogP contribution in [0.5, 0.6) is 11.5 Å². The summed E-state index contributed by atoms with van der Waals surface area (Å²) >= 11 is 0. The minimum Gasteiger partial charge on any atom is -0.486 e. The predicted molar refractivity (Wildman–Crippen MR) is 68.8 cm³/mol. The molecule has 0 bridgehead atoms. The van der Waals surface area contributed by atoms with Gasteiger partial charge in [-0.25, -0.2) is 0 Å². The lowest BCUT2D eigenvalue weighted by molar-refractivity contribution is -0.121. The topological polar surface area (TPSA) is 66.0 Å². The second-order valence-corrected chi connectivity index (χ2v) is 3.95. The van der Waals surface area contributed by atoms with E-state index in [1.807, 2.05) is 0 Å². The number of methoxy groups -OCH3 is 1. The number of anilines is 1. The van der Waals surface area contributed by atoms with Crippen LogP contribution in [0.1, 0.15) is 0 Å². The van der Waals surface area contributed by atoms with Crippen molar-refractivity contribution in [1.82, 2.24) is 0 Å². The normalized spacial score (nSPS) is 13.1. The molecule has 0 spiro atoms.